The van der Waals surface area contributed by atoms with Gasteiger partial charge in [-0.25, -0.2) is 45.2 Å². The molecule has 2 atom stereocenters. The summed E-state index contributed by atoms with van der Waals surface area (Å²) in [5, 5.41) is 0.518. The number of methoxy groups -OCH3 is 2. The Kier molecular flexibility index (Phi) is 22.4. The first kappa shape index (κ1) is 58.2. The monoisotopic (exact) mass is 1310 g/mol. The molecule has 0 spiro atoms. The molecule has 24 heteroatoms. The van der Waals surface area contributed by atoms with Crippen molar-refractivity contribution in [3.05, 3.63) is 118 Å². The molecule has 352 valence electrons. The van der Waals surface area contributed by atoms with E-state index in [0.29, 0.717) is 63.5 Å². The Labute approximate surface area is 408 Å². The van der Waals surface area contributed by atoms with Gasteiger partial charge in [0.15, 0.2) is 34.3 Å². The summed E-state index contributed by atoms with van der Waals surface area (Å²) in [5.41, 5.74) is 0.558. The van der Waals surface area contributed by atoms with E-state index in [1.54, 1.807) is 49.4 Å². The molecule has 0 aliphatic rings. The van der Waals surface area contributed by atoms with Gasteiger partial charge in [0.1, 0.15) is 19.7 Å². The maximum atomic E-state index is 13.2. The third kappa shape index (κ3) is 14.1. The van der Waals surface area contributed by atoms with E-state index < -0.39 is 61.9 Å². The largest absolute Gasteiger partial charge is 0.493 e. The maximum absolute atomic E-state index is 13.2. The summed E-state index contributed by atoms with van der Waals surface area (Å²) in [6, 6.07) is 10.9. The Morgan fingerprint density at radius 3 is 1.59 bits per heavy atom. The predicted molar refractivity (Wildman–Crippen MR) is 237 cm³/mol. The van der Waals surface area contributed by atoms with Gasteiger partial charge in [0, 0.05) is 67.0 Å². The summed E-state index contributed by atoms with van der Waals surface area (Å²) in [4.78, 5) is 36.9. The van der Waals surface area contributed by atoms with Crippen LogP contribution in [0.2, 0.25) is 10.0 Å². The number of hydrogen-bond donors (Lipinski definition) is 1. The third-order valence-corrected chi connectivity index (χ3v) is 11.2. The van der Waals surface area contributed by atoms with E-state index >= 15 is 0 Å². The molecule has 0 aliphatic carbocycles. The van der Waals surface area contributed by atoms with Crippen LogP contribution in [0.4, 0.5) is 8.78 Å². The van der Waals surface area contributed by atoms with Gasteiger partial charge >= 0.3 is 11.4 Å². The number of rotatable bonds is 16. The number of aromatic amines is 1. The zero-order valence-electron chi connectivity index (χ0n) is 36.0. The molecule has 4 heterocycles. The van der Waals surface area contributed by atoms with E-state index in [1.165, 1.54) is 37.2 Å². The number of H-pyrrole nitrogens is 1. The van der Waals surface area contributed by atoms with Crippen LogP contribution in [0.3, 0.4) is 0 Å². The molecule has 0 amide bonds. The second-order valence-electron chi connectivity index (χ2n) is 13.4. The van der Waals surface area contributed by atoms with E-state index in [2.05, 4.69) is 15.0 Å². The molecule has 64 heavy (non-hydrogen) atoms. The third-order valence-electron chi connectivity index (χ3n) is 8.90. The number of alkyl halides is 2. The molecule has 0 aliphatic heterocycles. The second-order valence-corrected chi connectivity index (χ2v) is 18.6. The minimum atomic E-state index is -3.61. The van der Waals surface area contributed by atoms with Crippen LogP contribution in [0.1, 0.15) is 37.1 Å². The van der Waals surface area contributed by atoms with Crippen LogP contribution >= 0.6 is 23.2 Å². The van der Waals surface area contributed by atoms with Gasteiger partial charge in [0.2, 0.25) is 0 Å². The molecule has 0 saturated heterocycles. The van der Waals surface area contributed by atoms with Crippen LogP contribution in [0.15, 0.2) is 70.5 Å². The number of fused-ring (bicyclic) bond motifs is 2. The van der Waals surface area contributed by atoms with Crippen molar-refractivity contribution in [2.45, 2.75) is 38.9 Å². The van der Waals surface area contributed by atoms with Crippen LogP contribution in [0, 0.1) is 14.9 Å². The minimum Gasteiger partial charge on any atom is -0.493 e. The Balaban J connectivity index is 0.000000607. The van der Waals surface area contributed by atoms with Crippen LogP contribution in [-0.4, -0.2) is 103 Å². The summed E-state index contributed by atoms with van der Waals surface area (Å²) in [5.74, 6) is 0.993. The Morgan fingerprint density at radius 2 is 1.16 bits per heavy atom. The van der Waals surface area contributed by atoms with E-state index in [0.717, 1.165) is 21.6 Å². The summed E-state index contributed by atoms with van der Waals surface area (Å²) < 4.78 is 100. The van der Waals surface area contributed by atoms with Crippen molar-refractivity contribution in [3.63, 3.8) is 0 Å². The van der Waals surface area contributed by atoms with Crippen LogP contribution in [0.5, 0.6) is 23.0 Å². The molecule has 0 radical (unpaired) electrons. The van der Waals surface area contributed by atoms with Crippen molar-refractivity contribution in [1.82, 2.24) is 28.7 Å². The predicted octanol–water partition coefficient (Wildman–Crippen LogP) is 6.47. The SMILES string of the molecule is CCOc1cc([C@@H](CS(C)(=O)=O)n2c(=O)[nH]c3cc(Cl)cnc32)ccc1OC.CCOc1cc([C@@H](CS(C)(=O)=O)n2c(=O)n(CC(F)F)c3cc(Cl)cnc32)ccc1OC.[CH3-].[CH3-].[W].[W]. The fourth-order valence-corrected chi connectivity index (χ4v) is 8.69. The molecule has 4 aromatic heterocycles. The van der Waals surface area contributed by atoms with E-state index in [1.807, 2.05) is 6.92 Å². The zero-order valence-corrected chi connectivity index (χ0v) is 45.0. The van der Waals surface area contributed by atoms with Gasteiger partial charge in [-0.1, -0.05) is 35.3 Å². The summed E-state index contributed by atoms with van der Waals surface area (Å²) >= 11 is 11.9. The van der Waals surface area contributed by atoms with E-state index in [9.17, 15) is 35.2 Å². The van der Waals surface area contributed by atoms with Crippen LogP contribution in [-0.2, 0) is 68.3 Å². The van der Waals surface area contributed by atoms with Crippen molar-refractivity contribution in [2.75, 3.05) is 51.5 Å². The van der Waals surface area contributed by atoms with Gasteiger partial charge in [0.05, 0.1) is 78.6 Å². The van der Waals surface area contributed by atoms with Crippen LogP contribution < -0.4 is 30.3 Å². The van der Waals surface area contributed by atoms with E-state index in [4.69, 9.17) is 42.1 Å². The summed E-state index contributed by atoms with van der Waals surface area (Å²) in [6.07, 6.45) is 2.01. The number of nitrogens with zero attached hydrogens (tertiary/aromatic N) is 5. The minimum absolute atomic E-state index is 0. The van der Waals surface area contributed by atoms with Crippen molar-refractivity contribution >= 4 is 65.2 Å². The molecule has 0 fully saturated rings. The normalized spacial score (nSPS) is 12.1. The number of hydrogen-bond acceptors (Lipinski definition) is 12. The number of aromatic nitrogens is 6. The van der Waals surface area contributed by atoms with Crippen molar-refractivity contribution in [3.8, 4) is 23.0 Å². The maximum Gasteiger partial charge on any atom is 0.331 e. The number of pyridine rings is 2. The molecule has 0 saturated carbocycles. The summed E-state index contributed by atoms with van der Waals surface area (Å²) in [6.45, 7) is 3.45. The van der Waals surface area contributed by atoms with E-state index in [-0.39, 0.29) is 78.9 Å². The van der Waals surface area contributed by atoms with Crippen LogP contribution in [0.25, 0.3) is 22.3 Å². The fraction of sp³-hybridized carbons (Fsp3) is 0.350. The molecular formula is C40H48Cl2F2N6O10S2W2-2. The number of ether oxygens (including phenoxy) is 4. The van der Waals surface area contributed by atoms with Gasteiger partial charge < -0.3 is 38.8 Å². The molecule has 0 bridgehead atoms. The summed E-state index contributed by atoms with van der Waals surface area (Å²) in [7, 11) is -4.07. The number of benzene rings is 2. The Bertz CT molecular complexity index is 2860. The smallest absolute Gasteiger partial charge is 0.331 e. The number of halogens is 4. The van der Waals surface area contributed by atoms with Gasteiger partial charge in [-0.05, 0) is 61.4 Å². The molecule has 6 aromatic rings. The number of sulfone groups is 2. The topological polar surface area (TPSA) is 196 Å². The van der Waals surface area contributed by atoms with Crippen molar-refractivity contribution in [2.24, 2.45) is 0 Å². The zero-order chi connectivity index (χ0) is 44.1. The number of imidazole rings is 2. The molecule has 2 aromatic carbocycles. The second kappa shape index (κ2) is 24.6. The van der Waals surface area contributed by atoms with Crippen molar-refractivity contribution < 1.29 is 86.7 Å². The average Bonchev–Trinajstić information content (AvgIpc) is 3.63. The van der Waals surface area contributed by atoms with Gasteiger partial charge in [-0.2, -0.15) is 0 Å². The molecule has 16 nitrogen and oxygen atoms in total. The van der Waals surface area contributed by atoms with Gasteiger partial charge in [-0.3, -0.25) is 13.7 Å². The first-order valence-corrected chi connectivity index (χ1v) is 22.9. The van der Waals surface area contributed by atoms with Gasteiger partial charge in [-0.15, -0.1) is 0 Å². The first-order valence-electron chi connectivity index (χ1n) is 18.1. The van der Waals surface area contributed by atoms with Crippen molar-refractivity contribution in [1.29, 1.82) is 0 Å². The van der Waals surface area contributed by atoms with Gasteiger partial charge in [0.25, 0.3) is 6.43 Å². The Morgan fingerprint density at radius 1 is 0.703 bits per heavy atom. The number of nitrogens with one attached hydrogen (secondary N) is 1. The quantitative estimate of drug-likeness (QED) is 0.104. The standard InChI is InChI=1S/C20H22ClF2N3O5S.C18H20ClN3O5S.2CH3.2W/c1-4-31-17-7-12(5-6-16(17)30-2)15(11-32(3,28)29)26-19-14(8-13(21)9-24-19)25(20(26)27)10-18(22)23;1-4-27-16-7-11(5-6-15(16)26-2)14(10-28(3,24)25)22-17-13(21-18(22)23)8-12(19)9-20-17;;;;/h5-9,15,18H,4,10-11H2,1-3H3;5-9,14H,4,10H2,1-3H3,(H,21,23);2*1H3;;/q;;2*-1;;/t15-;14-;;;;/m11..../s1. The molecule has 0 unspecified atom stereocenters. The molecular weight excluding hydrogens is 1270 g/mol. The average molecular weight is 1310 g/mol. The Hall–Kier alpha value is -3.80. The molecule has 1 N–H and O–H groups in total. The molecule has 6 rings (SSSR count). The first-order chi connectivity index (χ1) is 28.3. The fourth-order valence-electron chi connectivity index (χ4n) is 6.55.